The van der Waals surface area contributed by atoms with E-state index in [1.54, 1.807) is 121 Å². The lowest BCUT2D eigenvalue weighted by Crippen LogP contribution is -2.31. The van der Waals surface area contributed by atoms with E-state index in [4.69, 9.17) is 9.97 Å². The molecule has 9 rings (SSSR count). The second kappa shape index (κ2) is 15.9. The predicted octanol–water partition coefficient (Wildman–Crippen LogP) is 2.04. The summed E-state index contributed by atoms with van der Waals surface area (Å²) in [5, 5.41) is 84.8. The highest BCUT2D eigenvalue weighted by Crippen LogP contribution is 2.38. The minimum atomic E-state index is -1.83. The Morgan fingerprint density at radius 2 is 0.517 bits per heavy atom. The minimum absolute atomic E-state index is 0.228. The molecule has 0 saturated heterocycles. The molecule has 0 spiro atoms. The highest BCUT2D eigenvalue weighted by atomic mass is 16.4. The van der Waals surface area contributed by atoms with Gasteiger partial charge in [0.15, 0.2) is 0 Å². The summed E-state index contributed by atoms with van der Waals surface area (Å²) >= 11 is 0. The summed E-state index contributed by atoms with van der Waals surface area (Å²) in [5.74, 6) is 0. The van der Waals surface area contributed by atoms with Gasteiger partial charge in [0.2, 0.25) is 0 Å². The van der Waals surface area contributed by atoms with Crippen LogP contribution < -0.4 is 21.9 Å². The Bertz CT molecular complexity index is 2660. The van der Waals surface area contributed by atoms with Crippen LogP contribution in [0.25, 0.3) is 90.9 Å². The number of hydrogen-bond acceptors (Lipinski definition) is 10. The summed E-state index contributed by atoms with van der Waals surface area (Å²) in [5.41, 5.74) is 8.84. The van der Waals surface area contributed by atoms with Crippen LogP contribution in [0.3, 0.4) is 0 Å². The molecule has 12 nitrogen and oxygen atoms in total. The quantitative estimate of drug-likeness (QED) is 0.101. The number of hydrogen-bond donors (Lipinski definition) is 10. The maximum Gasteiger partial charge on any atom is 0.489 e. The smallest absolute Gasteiger partial charge is 0.423 e. The average molecular weight is 790 g/mol. The predicted molar refractivity (Wildman–Crippen MR) is 240 cm³/mol. The second-order valence-electron chi connectivity index (χ2n) is 14.3. The van der Waals surface area contributed by atoms with Gasteiger partial charge in [0.1, 0.15) is 0 Å². The number of fused-ring (bicyclic) bond motifs is 8. The van der Waals surface area contributed by atoms with E-state index in [1.807, 2.05) is 24.3 Å². The van der Waals surface area contributed by atoms with E-state index in [-0.39, 0.29) is 21.9 Å². The molecule has 7 aromatic rings. The first-order chi connectivity index (χ1) is 29.1. The zero-order valence-electron chi connectivity index (χ0n) is 31.6. The third kappa shape index (κ3) is 6.92. The fourth-order valence-corrected chi connectivity index (χ4v) is 8.14. The van der Waals surface area contributed by atoms with Crippen molar-refractivity contribution in [2.24, 2.45) is 0 Å². The molecule has 0 atom stereocenters. The topological polar surface area (TPSA) is 219 Å². The van der Waals surface area contributed by atoms with Crippen molar-refractivity contribution in [2.75, 3.05) is 0 Å². The second-order valence-corrected chi connectivity index (χ2v) is 14.3. The fourth-order valence-electron chi connectivity index (χ4n) is 8.14. The number of aromatic nitrogens is 4. The van der Waals surface area contributed by atoms with Crippen molar-refractivity contribution < 1.29 is 40.2 Å². The lowest BCUT2D eigenvalue weighted by Gasteiger charge is -2.12. The molecule has 4 aromatic carbocycles. The first kappa shape index (κ1) is 38.9. The molecule has 0 radical (unpaired) electrons. The van der Waals surface area contributed by atoms with E-state index in [1.165, 1.54) is 0 Å². The van der Waals surface area contributed by atoms with E-state index < -0.39 is 28.5 Å². The molecule has 60 heavy (non-hydrogen) atoms. The van der Waals surface area contributed by atoms with E-state index in [2.05, 4.69) is 9.97 Å². The van der Waals surface area contributed by atoms with Crippen molar-refractivity contribution >= 4 is 96.7 Å². The van der Waals surface area contributed by atoms with Gasteiger partial charge in [-0.2, -0.15) is 0 Å². The van der Waals surface area contributed by atoms with E-state index in [0.717, 1.165) is 0 Å². The highest BCUT2D eigenvalue weighted by molar-refractivity contribution is 6.62. The van der Waals surface area contributed by atoms with Gasteiger partial charge in [-0.1, -0.05) is 97.1 Å². The Morgan fingerprint density at radius 3 is 0.733 bits per heavy atom. The van der Waals surface area contributed by atoms with Gasteiger partial charge in [0.05, 0.1) is 22.8 Å². The summed E-state index contributed by atoms with van der Waals surface area (Å²) < 4.78 is 0. The Balaban J connectivity index is 1.52. The van der Waals surface area contributed by atoms with Crippen molar-refractivity contribution in [1.29, 1.82) is 0 Å². The van der Waals surface area contributed by atoms with Crippen LogP contribution in [-0.4, -0.2) is 88.6 Å². The lowest BCUT2D eigenvalue weighted by molar-refractivity contribution is 0.424. The first-order valence-corrected chi connectivity index (χ1v) is 19.1. The SMILES string of the molecule is OB(O)c1ccccc1-c1c2nc(c(-c3ccccc3B(O)O)c3ccc([nH]3)c(-c3ccccc3B(O)O)c3nc(c(-c4ccccc4B(O)O)c4ccc1[nH]4)C=C3)C=C2. The van der Waals surface area contributed by atoms with Crippen LogP contribution >= 0.6 is 0 Å². The summed E-state index contributed by atoms with van der Waals surface area (Å²) in [4.78, 5) is 17.4. The van der Waals surface area contributed by atoms with Gasteiger partial charge < -0.3 is 50.2 Å². The zero-order chi connectivity index (χ0) is 41.7. The first-order valence-electron chi connectivity index (χ1n) is 19.1. The van der Waals surface area contributed by atoms with Gasteiger partial charge >= 0.3 is 28.5 Å². The lowest BCUT2D eigenvalue weighted by atomic mass is 9.75. The van der Waals surface area contributed by atoms with Gasteiger partial charge in [-0.3, -0.25) is 0 Å². The van der Waals surface area contributed by atoms with Gasteiger partial charge in [-0.15, -0.1) is 0 Å². The molecule has 2 aliphatic heterocycles. The van der Waals surface area contributed by atoms with Crippen LogP contribution in [0.15, 0.2) is 121 Å². The number of H-pyrrole nitrogens is 2. The van der Waals surface area contributed by atoms with Crippen LogP contribution in [0, 0.1) is 0 Å². The number of nitrogens with one attached hydrogen (secondary N) is 2. The molecular formula is C44H34B4N4O8. The Morgan fingerprint density at radius 1 is 0.300 bits per heavy atom. The van der Waals surface area contributed by atoms with Crippen molar-refractivity contribution in [2.45, 2.75) is 0 Å². The van der Waals surface area contributed by atoms with E-state index in [0.29, 0.717) is 89.4 Å². The number of aromatic amines is 2. The molecule has 0 saturated carbocycles. The van der Waals surface area contributed by atoms with Crippen molar-refractivity contribution in [1.82, 2.24) is 19.9 Å². The maximum atomic E-state index is 10.6. The maximum absolute atomic E-state index is 10.6. The Hall–Kier alpha value is -6.58. The molecule has 0 amide bonds. The Kier molecular flexibility index (Phi) is 10.3. The standard InChI is InChI=1S/C44H34B4N4O8/c53-45(54)29-13-5-1-9-25(29)41-33-17-19-35(49-33)42(26-10-2-6-14-30(26)46(55)56)37-21-23-39(51-37)44(28-12-4-8-16-32(28)48(59)60)40-24-22-38(52-40)43(36-20-18-34(41)50-36)27-11-3-7-15-31(27)47(57)58/h1-24,49,52-60H. The van der Waals surface area contributed by atoms with Crippen LogP contribution in [0.1, 0.15) is 22.8 Å². The summed E-state index contributed by atoms with van der Waals surface area (Å²) in [6.07, 6.45) is 7.20. The molecular weight excluding hydrogens is 756 g/mol. The number of benzene rings is 4. The summed E-state index contributed by atoms with van der Waals surface area (Å²) in [6.45, 7) is 0. The normalized spacial score (nSPS) is 11.9. The zero-order valence-corrected chi connectivity index (χ0v) is 31.6. The van der Waals surface area contributed by atoms with Gasteiger partial charge in [0.25, 0.3) is 0 Å². The van der Waals surface area contributed by atoms with Crippen LogP contribution in [-0.2, 0) is 0 Å². The molecule has 8 bridgehead atoms. The van der Waals surface area contributed by atoms with E-state index >= 15 is 0 Å². The molecule has 0 fully saturated rings. The van der Waals surface area contributed by atoms with Gasteiger partial charge in [-0.25, -0.2) is 9.97 Å². The minimum Gasteiger partial charge on any atom is -0.423 e. The fraction of sp³-hybridized carbons (Fsp3) is 0. The molecule has 2 aliphatic rings. The van der Waals surface area contributed by atoms with Crippen LogP contribution in [0.5, 0.6) is 0 Å². The summed E-state index contributed by atoms with van der Waals surface area (Å²) in [6, 6.07) is 34.8. The molecule has 10 N–H and O–H groups in total. The highest BCUT2D eigenvalue weighted by Gasteiger charge is 2.27. The molecule has 0 unspecified atom stereocenters. The Labute approximate surface area is 344 Å². The third-order valence-corrected chi connectivity index (χ3v) is 10.8. The monoisotopic (exact) mass is 790 g/mol. The van der Waals surface area contributed by atoms with Crippen molar-refractivity contribution in [3.63, 3.8) is 0 Å². The molecule has 5 heterocycles. The molecule has 16 heteroatoms. The van der Waals surface area contributed by atoms with Crippen molar-refractivity contribution in [3.05, 3.63) is 144 Å². The number of rotatable bonds is 8. The molecule has 3 aromatic heterocycles. The third-order valence-electron chi connectivity index (χ3n) is 10.8. The number of nitrogens with zero attached hydrogens (tertiary/aromatic N) is 2. The molecule has 0 aliphatic carbocycles. The van der Waals surface area contributed by atoms with Gasteiger partial charge in [-0.05, 0) is 92.7 Å². The summed E-state index contributed by atoms with van der Waals surface area (Å²) in [7, 11) is -7.32. The largest absolute Gasteiger partial charge is 0.489 e. The average Bonchev–Trinajstić information content (AvgIpc) is 4.09. The molecule has 290 valence electrons. The van der Waals surface area contributed by atoms with Crippen LogP contribution in [0.4, 0.5) is 0 Å². The van der Waals surface area contributed by atoms with E-state index in [9.17, 15) is 40.2 Å². The van der Waals surface area contributed by atoms with Gasteiger partial charge in [0, 0.05) is 44.3 Å². The van der Waals surface area contributed by atoms with Crippen molar-refractivity contribution in [3.8, 4) is 44.5 Å². The van der Waals surface area contributed by atoms with Crippen LogP contribution in [0.2, 0.25) is 0 Å².